The first-order valence-corrected chi connectivity index (χ1v) is 7.12. The second-order valence-corrected chi connectivity index (χ2v) is 5.57. The van der Waals surface area contributed by atoms with E-state index in [9.17, 15) is 19.7 Å². The Kier molecular flexibility index (Phi) is 4.90. The Hall–Kier alpha value is -2.67. The van der Waals surface area contributed by atoms with E-state index in [-0.39, 0.29) is 10.8 Å². The van der Waals surface area contributed by atoms with Crippen LogP contribution in [0.5, 0.6) is 0 Å². The fourth-order valence-corrected chi connectivity index (χ4v) is 2.43. The Bertz CT molecular complexity index is 729. The van der Waals surface area contributed by atoms with Gasteiger partial charge in [0.15, 0.2) is 5.12 Å². The summed E-state index contributed by atoms with van der Waals surface area (Å²) in [4.78, 5) is 34.1. The zero-order valence-corrected chi connectivity index (χ0v) is 12.4. The average molecular weight is 316 g/mol. The fourth-order valence-electron chi connectivity index (χ4n) is 1.74. The Morgan fingerprint density at radius 2 is 1.73 bits per heavy atom. The minimum atomic E-state index is -0.527. The first-order valence-electron chi connectivity index (χ1n) is 6.30. The van der Waals surface area contributed by atoms with Crippen molar-refractivity contribution in [2.75, 3.05) is 5.32 Å². The zero-order chi connectivity index (χ0) is 16.1. The Morgan fingerprint density at radius 3 is 2.32 bits per heavy atom. The molecule has 0 aliphatic carbocycles. The van der Waals surface area contributed by atoms with Crippen molar-refractivity contribution in [2.45, 2.75) is 11.8 Å². The van der Waals surface area contributed by atoms with Crippen LogP contribution in [0.15, 0.2) is 53.4 Å². The van der Waals surface area contributed by atoms with E-state index >= 15 is 0 Å². The van der Waals surface area contributed by atoms with Crippen LogP contribution in [-0.2, 0) is 4.79 Å². The molecule has 7 heteroatoms. The van der Waals surface area contributed by atoms with Gasteiger partial charge in [0.05, 0.1) is 10.6 Å². The highest BCUT2D eigenvalue weighted by molar-refractivity contribution is 8.13. The molecule has 0 atom stereocenters. The highest BCUT2D eigenvalue weighted by atomic mass is 32.2. The van der Waals surface area contributed by atoms with Crippen LogP contribution >= 0.6 is 11.8 Å². The third-order valence-electron chi connectivity index (χ3n) is 2.73. The van der Waals surface area contributed by atoms with Gasteiger partial charge in [0.25, 0.3) is 11.6 Å². The number of nitrogens with one attached hydrogen (secondary N) is 1. The van der Waals surface area contributed by atoms with Crippen LogP contribution in [0, 0.1) is 10.1 Å². The fraction of sp³-hybridized carbons (Fsp3) is 0.0667. The van der Waals surface area contributed by atoms with Crippen molar-refractivity contribution in [3.8, 4) is 0 Å². The summed E-state index contributed by atoms with van der Waals surface area (Å²) in [6.45, 7) is 1.44. The number of para-hydroxylation sites is 1. The lowest BCUT2D eigenvalue weighted by Gasteiger charge is -2.09. The molecule has 0 saturated heterocycles. The van der Waals surface area contributed by atoms with E-state index in [0.717, 1.165) is 11.8 Å². The molecule has 22 heavy (non-hydrogen) atoms. The molecule has 2 aromatic carbocycles. The zero-order valence-electron chi connectivity index (χ0n) is 11.6. The van der Waals surface area contributed by atoms with E-state index in [2.05, 4.69) is 5.32 Å². The maximum absolute atomic E-state index is 12.2. The number of amides is 1. The number of nitrogens with zero attached hydrogens (tertiary/aromatic N) is 1. The van der Waals surface area contributed by atoms with Crippen molar-refractivity contribution in [3.63, 3.8) is 0 Å². The average Bonchev–Trinajstić information content (AvgIpc) is 2.48. The lowest BCUT2D eigenvalue weighted by Crippen LogP contribution is -2.12. The molecule has 0 aliphatic heterocycles. The summed E-state index contributed by atoms with van der Waals surface area (Å²) in [7, 11) is 0. The van der Waals surface area contributed by atoms with Gasteiger partial charge in [0, 0.05) is 29.5 Å². The smallest absolute Gasteiger partial charge is 0.269 e. The molecule has 0 aliphatic rings. The molecule has 0 aromatic heterocycles. The Labute approximate surface area is 130 Å². The number of thioether (sulfide) groups is 1. The van der Waals surface area contributed by atoms with Crippen molar-refractivity contribution >= 4 is 34.2 Å². The molecule has 0 heterocycles. The van der Waals surface area contributed by atoms with Crippen molar-refractivity contribution in [1.29, 1.82) is 0 Å². The van der Waals surface area contributed by atoms with E-state index < -0.39 is 10.8 Å². The van der Waals surface area contributed by atoms with Crippen molar-refractivity contribution in [3.05, 3.63) is 64.2 Å². The van der Waals surface area contributed by atoms with Crippen molar-refractivity contribution < 1.29 is 14.5 Å². The molecule has 1 N–H and O–H groups in total. The summed E-state index contributed by atoms with van der Waals surface area (Å²) in [6.07, 6.45) is 0. The third-order valence-corrected chi connectivity index (χ3v) is 3.59. The second-order valence-electron chi connectivity index (χ2n) is 4.35. The maximum atomic E-state index is 12.2. The molecule has 0 bridgehead atoms. The van der Waals surface area contributed by atoms with Crippen LogP contribution in [0.1, 0.15) is 17.3 Å². The first kappa shape index (κ1) is 15.7. The molecule has 0 fully saturated rings. The van der Waals surface area contributed by atoms with Crippen molar-refractivity contribution in [2.24, 2.45) is 0 Å². The topological polar surface area (TPSA) is 89.3 Å². The van der Waals surface area contributed by atoms with Gasteiger partial charge in [-0.1, -0.05) is 23.9 Å². The number of benzene rings is 2. The summed E-state index contributed by atoms with van der Waals surface area (Å²) in [5.41, 5.74) is 0.739. The summed E-state index contributed by atoms with van der Waals surface area (Å²) in [5, 5.41) is 13.2. The molecule has 2 aromatic rings. The van der Waals surface area contributed by atoms with Crippen LogP contribution in [0.4, 0.5) is 11.4 Å². The van der Waals surface area contributed by atoms with Gasteiger partial charge in [-0.3, -0.25) is 19.7 Å². The molecule has 2 rings (SSSR count). The van der Waals surface area contributed by atoms with Crippen LogP contribution < -0.4 is 5.32 Å². The molecule has 112 valence electrons. The standard InChI is InChI=1S/C15H12N2O4S/c1-10(18)22-14-5-3-2-4-13(14)16-15(19)11-6-8-12(9-7-11)17(20)21/h2-9H,1H3,(H,16,19). The lowest BCUT2D eigenvalue weighted by atomic mass is 10.2. The maximum Gasteiger partial charge on any atom is 0.269 e. The van der Waals surface area contributed by atoms with Gasteiger partial charge in [-0.25, -0.2) is 0 Å². The van der Waals surface area contributed by atoms with Gasteiger partial charge in [0.2, 0.25) is 0 Å². The van der Waals surface area contributed by atoms with Gasteiger partial charge in [-0.05, 0) is 24.3 Å². The van der Waals surface area contributed by atoms with Gasteiger partial charge in [-0.2, -0.15) is 0 Å². The highest BCUT2D eigenvalue weighted by Gasteiger charge is 2.12. The molecule has 0 radical (unpaired) electrons. The second kappa shape index (κ2) is 6.86. The van der Waals surface area contributed by atoms with E-state index in [1.807, 2.05) is 0 Å². The number of carbonyl (C=O) groups excluding carboxylic acids is 2. The number of nitro groups is 1. The third kappa shape index (κ3) is 3.92. The van der Waals surface area contributed by atoms with Gasteiger partial charge in [0.1, 0.15) is 0 Å². The Balaban J connectivity index is 2.18. The molecule has 0 spiro atoms. The quantitative estimate of drug-likeness (QED) is 0.530. The van der Waals surface area contributed by atoms with E-state index in [1.165, 1.54) is 31.2 Å². The van der Waals surface area contributed by atoms with Gasteiger partial charge >= 0.3 is 0 Å². The number of non-ortho nitro benzene ring substituents is 1. The van der Waals surface area contributed by atoms with Crippen LogP contribution in [0.2, 0.25) is 0 Å². The van der Waals surface area contributed by atoms with Gasteiger partial charge in [-0.15, -0.1) is 0 Å². The number of hydrogen-bond acceptors (Lipinski definition) is 5. The molecular formula is C15H12N2O4S. The first-order chi connectivity index (χ1) is 10.5. The van der Waals surface area contributed by atoms with Crippen LogP contribution in [0.25, 0.3) is 0 Å². The molecule has 1 amide bonds. The molecule has 0 unspecified atom stereocenters. The largest absolute Gasteiger partial charge is 0.321 e. The summed E-state index contributed by atoms with van der Waals surface area (Å²) < 4.78 is 0. The normalized spacial score (nSPS) is 10.0. The highest BCUT2D eigenvalue weighted by Crippen LogP contribution is 2.27. The minimum absolute atomic E-state index is 0.0796. The minimum Gasteiger partial charge on any atom is -0.321 e. The summed E-state index contributed by atoms with van der Waals surface area (Å²) in [6, 6.07) is 12.2. The van der Waals surface area contributed by atoms with Crippen LogP contribution in [-0.4, -0.2) is 15.9 Å². The van der Waals surface area contributed by atoms with E-state index in [1.54, 1.807) is 24.3 Å². The summed E-state index contributed by atoms with van der Waals surface area (Å²) in [5.74, 6) is -0.397. The SMILES string of the molecule is CC(=O)Sc1ccccc1NC(=O)c1ccc([N+](=O)[O-])cc1. The van der Waals surface area contributed by atoms with E-state index in [0.29, 0.717) is 16.1 Å². The van der Waals surface area contributed by atoms with Gasteiger partial charge < -0.3 is 5.32 Å². The molecule has 6 nitrogen and oxygen atoms in total. The number of hydrogen-bond donors (Lipinski definition) is 1. The number of carbonyl (C=O) groups is 2. The number of rotatable bonds is 4. The monoisotopic (exact) mass is 316 g/mol. The van der Waals surface area contributed by atoms with Crippen molar-refractivity contribution in [1.82, 2.24) is 0 Å². The number of nitro benzene ring substituents is 1. The lowest BCUT2D eigenvalue weighted by molar-refractivity contribution is -0.384. The molecule has 0 saturated carbocycles. The predicted molar refractivity (Wildman–Crippen MR) is 84.0 cm³/mol. The number of anilines is 1. The van der Waals surface area contributed by atoms with E-state index in [4.69, 9.17) is 0 Å². The molecular weight excluding hydrogens is 304 g/mol. The summed E-state index contributed by atoms with van der Waals surface area (Å²) >= 11 is 1.03. The Morgan fingerprint density at radius 1 is 1.09 bits per heavy atom. The predicted octanol–water partition coefficient (Wildman–Crippen LogP) is 3.49. The van der Waals surface area contributed by atoms with Crippen LogP contribution in [0.3, 0.4) is 0 Å².